The van der Waals surface area contributed by atoms with Gasteiger partial charge in [0.15, 0.2) is 5.16 Å². The van der Waals surface area contributed by atoms with Crippen molar-refractivity contribution in [2.45, 2.75) is 76.0 Å². The lowest BCUT2D eigenvalue weighted by Gasteiger charge is -2.39. The Morgan fingerprint density at radius 2 is 1.82 bits per heavy atom. The second-order valence-corrected chi connectivity index (χ2v) is 11.1. The molecular formula is C25H28FN3O2S2. The van der Waals surface area contributed by atoms with Gasteiger partial charge in [-0.1, -0.05) is 11.8 Å². The smallest absolute Gasteiger partial charge is 0.267 e. The number of benzene rings is 1. The number of aryl methyl sites for hydroxylation is 2. The van der Waals surface area contributed by atoms with E-state index in [0.717, 1.165) is 55.3 Å². The second kappa shape index (κ2) is 9.22. The third kappa shape index (κ3) is 4.23. The summed E-state index contributed by atoms with van der Waals surface area (Å²) in [6.07, 6.45) is 7.27. The average Bonchev–Trinajstić information content (AvgIpc) is 3.17. The van der Waals surface area contributed by atoms with Gasteiger partial charge < -0.3 is 4.90 Å². The Morgan fingerprint density at radius 3 is 2.55 bits per heavy atom. The van der Waals surface area contributed by atoms with E-state index in [1.807, 2.05) is 4.90 Å². The summed E-state index contributed by atoms with van der Waals surface area (Å²) >= 11 is 2.90. The molecule has 2 aromatic heterocycles. The molecule has 1 aliphatic carbocycles. The van der Waals surface area contributed by atoms with Crippen LogP contribution in [0.3, 0.4) is 0 Å². The summed E-state index contributed by atoms with van der Waals surface area (Å²) in [7, 11) is 0. The standard InChI is InChI=1S/C25H28FN3O2S2/c1-15-6-5-7-16(2)28(15)21(30)14-32-25-27-23-22(19-8-3-4-9-20(19)33-23)24(31)29(25)18-12-10-17(26)11-13-18/h10-13,15-16H,3-9,14H2,1-2H3/t15-,16-/m0/s1. The van der Waals surface area contributed by atoms with E-state index in [0.29, 0.717) is 16.2 Å². The van der Waals surface area contributed by atoms with Crippen molar-refractivity contribution in [3.8, 4) is 5.69 Å². The minimum absolute atomic E-state index is 0.0742. The number of carbonyl (C=O) groups excluding carboxylic acids is 1. The van der Waals surface area contributed by atoms with Crippen LogP contribution in [0.25, 0.3) is 15.9 Å². The van der Waals surface area contributed by atoms with Crippen LogP contribution in [0.1, 0.15) is 56.4 Å². The molecule has 174 valence electrons. The van der Waals surface area contributed by atoms with E-state index in [9.17, 15) is 14.0 Å². The van der Waals surface area contributed by atoms with Crippen molar-refractivity contribution < 1.29 is 9.18 Å². The molecule has 1 fully saturated rings. The SMILES string of the molecule is C[C@H]1CCC[C@H](C)N1C(=O)CSc1nc2sc3c(c2c(=O)n1-c1ccc(F)cc1)CCCC3. The van der Waals surface area contributed by atoms with Gasteiger partial charge in [-0.05, 0) is 88.6 Å². The number of piperidine rings is 1. The lowest BCUT2D eigenvalue weighted by Crippen LogP contribution is -2.48. The highest BCUT2D eigenvalue weighted by Gasteiger charge is 2.29. The molecule has 3 aromatic rings. The summed E-state index contributed by atoms with van der Waals surface area (Å²) in [5.74, 6) is -0.0600. The topological polar surface area (TPSA) is 55.2 Å². The van der Waals surface area contributed by atoms with Crippen LogP contribution < -0.4 is 5.56 Å². The first-order chi connectivity index (χ1) is 15.9. The number of hydrogen-bond acceptors (Lipinski definition) is 5. The molecule has 5 nitrogen and oxygen atoms in total. The molecule has 0 spiro atoms. The number of carbonyl (C=O) groups is 1. The van der Waals surface area contributed by atoms with E-state index in [1.54, 1.807) is 28.0 Å². The van der Waals surface area contributed by atoms with Crippen LogP contribution in [-0.2, 0) is 17.6 Å². The molecule has 2 atom stereocenters. The Morgan fingerprint density at radius 1 is 1.12 bits per heavy atom. The quantitative estimate of drug-likeness (QED) is 0.369. The van der Waals surface area contributed by atoms with E-state index in [4.69, 9.17) is 4.98 Å². The van der Waals surface area contributed by atoms with Crippen molar-refractivity contribution in [1.82, 2.24) is 14.5 Å². The van der Waals surface area contributed by atoms with E-state index in [1.165, 1.54) is 28.8 Å². The fraction of sp³-hybridized carbons (Fsp3) is 0.480. The van der Waals surface area contributed by atoms with Crippen LogP contribution in [-0.4, -0.2) is 38.2 Å². The van der Waals surface area contributed by atoms with Crippen molar-refractivity contribution in [3.05, 3.63) is 50.9 Å². The molecule has 1 aliphatic heterocycles. The molecule has 5 rings (SSSR count). The van der Waals surface area contributed by atoms with Crippen LogP contribution >= 0.6 is 23.1 Å². The Labute approximate surface area is 201 Å². The summed E-state index contributed by atoms with van der Waals surface area (Å²) in [5, 5.41) is 1.18. The minimum atomic E-state index is -0.355. The fourth-order valence-corrected chi connectivity index (χ4v) is 7.40. The highest BCUT2D eigenvalue weighted by molar-refractivity contribution is 7.99. The molecule has 8 heteroatoms. The summed E-state index contributed by atoms with van der Waals surface area (Å²) in [6.45, 7) is 4.21. The van der Waals surface area contributed by atoms with E-state index in [2.05, 4.69) is 13.8 Å². The molecule has 0 N–H and O–H groups in total. The first kappa shape index (κ1) is 22.6. The van der Waals surface area contributed by atoms with E-state index < -0.39 is 0 Å². The van der Waals surface area contributed by atoms with Crippen LogP contribution in [0.2, 0.25) is 0 Å². The van der Waals surface area contributed by atoms with Crippen LogP contribution in [0.4, 0.5) is 4.39 Å². The Kier molecular flexibility index (Phi) is 6.31. The summed E-state index contributed by atoms with van der Waals surface area (Å²) in [4.78, 5) is 35.7. The fourth-order valence-electron chi connectivity index (χ4n) is 5.21. The van der Waals surface area contributed by atoms with Gasteiger partial charge in [-0.25, -0.2) is 9.37 Å². The summed E-state index contributed by atoms with van der Waals surface area (Å²) in [6, 6.07) is 6.35. The number of halogens is 1. The van der Waals surface area contributed by atoms with Crippen LogP contribution in [0, 0.1) is 5.82 Å². The van der Waals surface area contributed by atoms with E-state index >= 15 is 0 Å². The maximum absolute atomic E-state index is 13.7. The highest BCUT2D eigenvalue weighted by atomic mass is 32.2. The van der Waals surface area contributed by atoms with Crippen molar-refractivity contribution >= 4 is 39.2 Å². The molecule has 0 unspecified atom stereocenters. The molecule has 2 aliphatic rings. The van der Waals surface area contributed by atoms with Crippen molar-refractivity contribution in [1.29, 1.82) is 0 Å². The number of hydrogen-bond donors (Lipinski definition) is 0. The zero-order chi connectivity index (χ0) is 23.1. The Bertz CT molecular complexity index is 1240. The van der Waals surface area contributed by atoms with Gasteiger partial charge in [-0.2, -0.15) is 0 Å². The van der Waals surface area contributed by atoms with Crippen molar-refractivity contribution in [2.24, 2.45) is 0 Å². The lowest BCUT2D eigenvalue weighted by molar-refractivity contribution is -0.134. The van der Waals surface area contributed by atoms with Gasteiger partial charge in [0.2, 0.25) is 5.91 Å². The molecule has 3 heterocycles. The number of aromatic nitrogens is 2. The first-order valence-corrected chi connectivity index (χ1v) is 13.5. The van der Waals surface area contributed by atoms with Gasteiger partial charge in [-0.3, -0.25) is 14.2 Å². The minimum Gasteiger partial charge on any atom is -0.337 e. The monoisotopic (exact) mass is 485 g/mol. The third-order valence-electron chi connectivity index (χ3n) is 6.85. The Hall–Kier alpha value is -2.19. The van der Waals surface area contributed by atoms with Gasteiger partial charge in [0.25, 0.3) is 5.56 Å². The number of thioether (sulfide) groups is 1. The summed E-state index contributed by atoms with van der Waals surface area (Å²) in [5.41, 5.74) is 1.57. The number of nitrogens with zero attached hydrogens (tertiary/aromatic N) is 3. The molecule has 0 radical (unpaired) electrons. The molecule has 0 bridgehead atoms. The maximum atomic E-state index is 13.7. The lowest BCUT2D eigenvalue weighted by atomic mass is 9.97. The van der Waals surface area contributed by atoms with E-state index in [-0.39, 0.29) is 35.1 Å². The predicted octanol–water partition coefficient (Wildman–Crippen LogP) is 5.35. The number of thiophene rings is 1. The third-order valence-corrected chi connectivity index (χ3v) is 8.96. The Balaban J connectivity index is 1.55. The van der Waals surface area contributed by atoms with Gasteiger partial charge in [-0.15, -0.1) is 11.3 Å². The number of likely N-dealkylation sites (tertiary alicyclic amines) is 1. The number of fused-ring (bicyclic) bond motifs is 3. The van der Waals surface area contributed by atoms with Gasteiger partial charge in [0.05, 0.1) is 16.8 Å². The number of amides is 1. The highest BCUT2D eigenvalue weighted by Crippen LogP contribution is 2.35. The van der Waals surface area contributed by atoms with Gasteiger partial charge in [0, 0.05) is 17.0 Å². The number of rotatable bonds is 4. The second-order valence-electron chi connectivity index (χ2n) is 9.12. The molecule has 33 heavy (non-hydrogen) atoms. The normalized spacial score (nSPS) is 20.8. The molecule has 1 saturated heterocycles. The first-order valence-electron chi connectivity index (χ1n) is 11.7. The molecular weight excluding hydrogens is 457 g/mol. The van der Waals surface area contributed by atoms with Crippen molar-refractivity contribution in [2.75, 3.05) is 5.75 Å². The molecule has 1 amide bonds. The summed E-state index contributed by atoms with van der Waals surface area (Å²) < 4.78 is 15.2. The largest absolute Gasteiger partial charge is 0.337 e. The van der Waals surface area contributed by atoms with Crippen molar-refractivity contribution in [3.63, 3.8) is 0 Å². The maximum Gasteiger partial charge on any atom is 0.267 e. The van der Waals surface area contributed by atoms with Crippen LogP contribution in [0.5, 0.6) is 0 Å². The van der Waals surface area contributed by atoms with Gasteiger partial charge in [0.1, 0.15) is 10.6 Å². The predicted molar refractivity (Wildman–Crippen MR) is 132 cm³/mol. The molecule has 0 saturated carbocycles. The average molecular weight is 486 g/mol. The zero-order valence-corrected chi connectivity index (χ0v) is 20.6. The van der Waals surface area contributed by atoms with Gasteiger partial charge >= 0.3 is 0 Å². The molecule has 1 aromatic carbocycles. The van der Waals surface area contributed by atoms with Crippen LogP contribution in [0.15, 0.2) is 34.2 Å². The zero-order valence-electron chi connectivity index (χ0n) is 19.0.